The van der Waals surface area contributed by atoms with Crippen LogP contribution in [0.15, 0.2) is 48.5 Å². The highest BCUT2D eigenvalue weighted by Crippen LogP contribution is 2.21. The smallest absolute Gasteiger partial charge is 0.123 e. The molecule has 2 aromatic rings. The minimum absolute atomic E-state index is 0.0992. The molecule has 1 heterocycles. The molecule has 0 saturated carbocycles. The van der Waals surface area contributed by atoms with Crippen LogP contribution in [0.4, 0.5) is 4.39 Å². The van der Waals surface area contributed by atoms with E-state index in [0.717, 1.165) is 38.0 Å². The number of nitrogens with two attached hydrogens (primary N) is 1. The van der Waals surface area contributed by atoms with Crippen molar-refractivity contribution in [2.75, 3.05) is 13.1 Å². The lowest BCUT2D eigenvalue weighted by Crippen LogP contribution is -2.32. The number of halogens is 1. The molecule has 3 rings (SSSR count). The lowest BCUT2D eigenvalue weighted by molar-refractivity contribution is 0.244. The van der Waals surface area contributed by atoms with E-state index in [2.05, 4.69) is 29.2 Å². The quantitative estimate of drug-likeness (QED) is 0.933. The van der Waals surface area contributed by atoms with E-state index in [1.807, 2.05) is 6.07 Å². The molecule has 0 aliphatic carbocycles. The van der Waals surface area contributed by atoms with Crippen molar-refractivity contribution < 1.29 is 4.39 Å². The van der Waals surface area contributed by atoms with Gasteiger partial charge in [-0.25, -0.2) is 4.39 Å². The number of nitrogens with zero attached hydrogens (tertiary/aromatic N) is 1. The molecule has 0 fully saturated rings. The summed E-state index contributed by atoms with van der Waals surface area (Å²) in [6.45, 7) is 3.02. The molecule has 1 unspecified atom stereocenters. The van der Waals surface area contributed by atoms with Crippen molar-refractivity contribution in [2.24, 2.45) is 5.73 Å². The van der Waals surface area contributed by atoms with Crippen molar-refractivity contribution in [1.29, 1.82) is 0 Å². The van der Waals surface area contributed by atoms with Gasteiger partial charge in [0.05, 0.1) is 0 Å². The first-order valence-electron chi connectivity index (χ1n) is 7.52. The number of benzene rings is 2. The summed E-state index contributed by atoms with van der Waals surface area (Å²) in [5, 5.41) is 0. The molecule has 0 spiro atoms. The molecule has 0 saturated heterocycles. The highest BCUT2D eigenvalue weighted by atomic mass is 19.1. The topological polar surface area (TPSA) is 29.3 Å². The summed E-state index contributed by atoms with van der Waals surface area (Å²) in [6, 6.07) is 15.1. The van der Waals surface area contributed by atoms with Crippen molar-refractivity contribution >= 4 is 0 Å². The number of hydrogen-bond acceptors (Lipinski definition) is 2. The van der Waals surface area contributed by atoms with Gasteiger partial charge in [0.25, 0.3) is 0 Å². The van der Waals surface area contributed by atoms with Gasteiger partial charge in [-0.1, -0.05) is 36.4 Å². The summed E-state index contributed by atoms with van der Waals surface area (Å²) in [5.74, 6) is -0.213. The average molecular weight is 284 g/mol. The fourth-order valence-corrected chi connectivity index (χ4v) is 2.97. The molecule has 0 amide bonds. The first-order chi connectivity index (χ1) is 10.2. The standard InChI is InChI=1S/C18H21FN2/c19-17-7-3-6-15(12-17)18(20)9-11-21-10-8-14-4-1-2-5-16(14)13-21/h1-7,12,18H,8-11,13,20H2. The maximum atomic E-state index is 13.2. The largest absolute Gasteiger partial charge is 0.324 e. The molecule has 2 N–H and O–H groups in total. The van der Waals surface area contributed by atoms with Crippen LogP contribution in [0.3, 0.4) is 0 Å². The van der Waals surface area contributed by atoms with Gasteiger partial charge in [0.2, 0.25) is 0 Å². The molecule has 2 nitrogen and oxygen atoms in total. The van der Waals surface area contributed by atoms with E-state index >= 15 is 0 Å². The van der Waals surface area contributed by atoms with Crippen LogP contribution in [-0.2, 0) is 13.0 Å². The van der Waals surface area contributed by atoms with Crippen LogP contribution in [0.1, 0.15) is 29.2 Å². The highest BCUT2D eigenvalue weighted by Gasteiger charge is 2.16. The van der Waals surface area contributed by atoms with Crippen LogP contribution < -0.4 is 5.73 Å². The summed E-state index contributed by atoms with van der Waals surface area (Å²) in [6.07, 6.45) is 1.96. The zero-order valence-corrected chi connectivity index (χ0v) is 12.1. The maximum absolute atomic E-state index is 13.2. The Hall–Kier alpha value is -1.71. The Labute approximate surface area is 125 Å². The minimum Gasteiger partial charge on any atom is -0.324 e. The third-order valence-corrected chi connectivity index (χ3v) is 4.24. The van der Waals surface area contributed by atoms with Gasteiger partial charge >= 0.3 is 0 Å². The summed E-state index contributed by atoms with van der Waals surface area (Å²) in [7, 11) is 0. The van der Waals surface area contributed by atoms with Crippen molar-refractivity contribution in [1.82, 2.24) is 4.90 Å². The number of fused-ring (bicyclic) bond motifs is 1. The number of rotatable bonds is 4. The molecule has 1 atom stereocenters. The molecular formula is C18H21FN2. The predicted molar refractivity (Wildman–Crippen MR) is 83.4 cm³/mol. The van der Waals surface area contributed by atoms with E-state index in [9.17, 15) is 4.39 Å². The van der Waals surface area contributed by atoms with Gasteiger partial charge in [-0.05, 0) is 41.7 Å². The Bertz CT molecular complexity index is 612. The predicted octanol–water partition coefficient (Wildman–Crippen LogP) is 3.27. The first kappa shape index (κ1) is 14.2. The summed E-state index contributed by atoms with van der Waals surface area (Å²) in [4.78, 5) is 2.43. The van der Waals surface area contributed by atoms with Crippen molar-refractivity contribution in [3.63, 3.8) is 0 Å². The molecule has 0 aromatic heterocycles. The van der Waals surface area contributed by atoms with Crippen LogP contribution in [-0.4, -0.2) is 18.0 Å². The van der Waals surface area contributed by atoms with Crippen molar-refractivity contribution in [3.05, 3.63) is 71.0 Å². The van der Waals surface area contributed by atoms with Gasteiger partial charge in [-0.15, -0.1) is 0 Å². The Balaban J connectivity index is 1.57. The summed E-state index contributed by atoms with van der Waals surface area (Å²) in [5.41, 5.74) is 9.95. The zero-order valence-electron chi connectivity index (χ0n) is 12.1. The highest BCUT2D eigenvalue weighted by molar-refractivity contribution is 5.29. The maximum Gasteiger partial charge on any atom is 0.123 e. The Kier molecular flexibility index (Phi) is 4.32. The fraction of sp³-hybridized carbons (Fsp3) is 0.333. The minimum atomic E-state index is -0.213. The summed E-state index contributed by atoms with van der Waals surface area (Å²) < 4.78 is 13.2. The van der Waals surface area contributed by atoms with Gasteiger partial charge in [-0.3, -0.25) is 4.90 Å². The van der Waals surface area contributed by atoms with Crippen molar-refractivity contribution in [2.45, 2.75) is 25.4 Å². The molecule has 3 heteroatoms. The van der Waals surface area contributed by atoms with E-state index < -0.39 is 0 Å². The van der Waals surface area contributed by atoms with Gasteiger partial charge < -0.3 is 5.73 Å². The third kappa shape index (κ3) is 3.49. The van der Waals surface area contributed by atoms with E-state index in [1.165, 1.54) is 23.3 Å². The van der Waals surface area contributed by atoms with Gasteiger partial charge in [0, 0.05) is 25.7 Å². The Morgan fingerprint density at radius 3 is 2.71 bits per heavy atom. The second-order valence-corrected chi connectivity index (χ2v) is 5.75. The second-order valence-electron chi connectivity index (χ2n) is 5.75. The van der Waals surface area contributed by atoms with Crippen LogP contribution in [0.2, 0.25) is 0 Å². The molecule has 1 aliphatic rings. The van der Waals surface area contributed by atoms with Crippen molar-refractivity contribution in [3.8, 4) is 0 Å². The van der Waals surface area contributed by atoms with Gasteiger partial charge in [0.15, 0.2) is 0 Å². The van der Waals surface area contributed by atoms with Gasteiger partial charge in [0.1, 0.15) is 5.82 Å². The molecule has 0 radical (unpaired) electrons. The third-order valence-electron chi connectivity index (χ3n) is 4.24. The van der Waals surface area contributed by atoms with E-state index in [-0.39, 0.29) is 11.9 Å². The van der Waals surface area contributed by atoms with E-state index in [0.29, 0.717) is 0 Å². The SMILES string of the molecule is NC(CCN1CCc2ccccc2C1)c1cccc(F)c1. The first-order valence-corrected chi connectivity index (χ1v) is 7.52. The lowest BCUT2D eigenvalue weighted by Gasteiger charge is -2.29. The molecule has 1 aliphatic heterocycles. The normalized spacial score (nSPS) is 16.5. The lowest BCUT2D eigenvalue weighted by atomic mass is 9.99. The molecular weight excluding hydrogens is 263 g/mol. The Morgan fingerprint density at radius 2 is 1.90 bits per heavy atom. The van der Waals surface area contributed by atoms with Crippen LogP contribution in [0.5, 0.6) is 0 Å². The van der Waals surface area contributed by atoms with Gasteiger partial charge in [-0.2, -0.15) is 0 Å². The fourth-order valence-electron chi connectivity index (χ4n) is 2.97. The number of hydrogen-bond donors (Lipinski definition) is 1. The monoisotopic (exact) mass is 284 g/mol. The molecule has 2 aromatic carbocycles. The second kappa shape index (κ2) is 6.37. The van der Waals surface area contributed by atoms with Crippen LogP contribution >= 0.6 is 0 Å². The van der Waals surface area contributed by atoms with E-state index in [1.54, 1.807) is 6.07 Å². The Morgan fingerprint density at radius 1 is 1.10 bits per heavy atom. The summed E-state index contributed by atoms with van der Waals surface area (Å²) >= 11 is 0. The average Bonchev–Trinajstić information content (AvgIpc) is 2.52. The molecule has 110 valence electrons. The molecule has 0 bridgehead atoms. The molecule has 21 heavy (non-hydrogen) atoms. The van der Waals surface area contributed by atoms with E-state index in [4.69, 9.17) is 5.73 Å². The van der Waals surface area contributed by atoms with Crippen LogP contribution in [0, 0.1) is 5.82 Å². The zero-order chi connectivity index (χ0) is 14.7. The van der Waals surface area contributed by atoms with Crippen LogP contribution in [0.25, 0.3) is 0 Å².